The molecule has 1 aliphatic carbocycles. The lowest BCUT2D eigenvalue weighted by Crippen LogP contribution is -2.43. The molecule has 4 nitrogen and oxygen atoms in total. The van der Waals surface area contributed by atoms with E-state index in [1.54, 1.807) is 23.1 Å². The average molecular weight is 395 g/mol. The van der Waals surface area contributed by atoms with Crippen molar-refractivity contribution < 1.29 is 23.0 Å². The maximum atomic E-state index is 12.9. The van der Waals surface area contributed by atoms with Gasteiger partial charge in [-0.05, 0) is 51.3 Å². The zero-order valence-corrected chi connectivity index (χ0v) is 17.0. The van der Waals surface area contributed by atoms with Gasteiger partial charge in [-0.3, -0.25) is 0 Å². The van der Waals surface area contributed by atoms with Crippen molar-refractivity contribution in [1.82, 2.24) is 4.90 Å². The standard InChI is InChI=1S/C22H31F2NO3/c1-5-16-11-12-19(27-15-20(23)24)17(13-16)14-25(18-9-7-6-8-10-18)21(26)28-22(2,3)4/h5,11-13,18,20H,1,6-10,14-15H2,2-4H3. The number of alkyl halides is 2. The molecule has 0 unspecified atom stereocenters. The molecule has 0 heterocycles. The van der Waals surface area contributed by atoms with Gasteiger partial charge in [0.25, 0.3) is 6.43 Å². The van der Waals surface area contributed by atoms with E-state index in [1.807, 2.05) is 26.8 Å². The highest BCUT2D eigenvalue weighted by Gasteiger charge is 2.30. The monoisotopic (exact) mass is 395 g/mol. The minimum Gasteiger partial charge on any atom is -0.487 e. The Balaban J connectivity index is 2.30. The first-order chi connectivity index (χ1) is 13.2. The molecule has 0 saturated heterocycles. The van der Waals surface area contributed by atoms with Gasteiger partial charge in [-0.2, -0.15) is 0 Å². The van der Waals surface area contributed by atoms with Gasteiger partial charge in [0.15, 0.2) is 0 Å². The number of halogens is 2. The topological polar surface area (TPSA) is 38.8 Å². The van der Waals surface area contributed by atoms with E-state index in [4.69, 9.17) is 9.47 Å². The first kappa shape index (κ1) is 22.2. The Morgan fingerprint density at radius 1 is 1.29 bits per heavy atom. The van der Waals surface area contributed by atoms with E-state index in [2.05, 4.69) is 6.58 Å². The number of carbonyl (C=O) groups excluding carboxylic acids is 1. The van der Waals surface area contributed by atoms with Crippen molar-refractivity contribution in [3.63, 3.8) is 0 Å². The second kappa shape index (κ2) is 9.89. The van der Waals surface area contributed by atoms with E-state index in [1.165, 1.54) is 0 Å². The summed E-state index contributed by atoms with van der Waals surface area (Å²) in [5, 5.41) is 0. The van der Waals surface area contributed by atoms with E-state index in [9.17, 15) is 13.6 Å². The zero-order chi connectivity index (χ0) is 20.7. The van der Waals surface area contributed by atoms with Crippen LogP contribution in [-0.4, -0.2) is 35.7 Å². The lowest BCUT2D eigenvalue weighted by molar-refractivity contribution is 0.00949. The summed E-state index contributed by atoms with van der Waals surface area (Å²) in [5.41, 5.74) is 0.906. The molecule has 0 atom stereocenters. The number of nitrogens with zero attached hydrogens (tertiary/aromatic N) is 1. The number of ether oxygens (including phenoxy) is 2. The summed E-state index contributed by atoms with van der Waals surface area (Å²) in [4.78, 5) is 14.6. The first-order valence-corrected chi connectivity index (χ1v) is 9.85. The Morgan fingerprint density at radius 2 is 1.96 bits per heavy atom. The molecule has 0 spiro atoms. The van der Waals surface area contributed by atoms with Crippen molar-refractivity contribution in [2.75, 3.05) is 6.61 Å². The molecule has 28 heavy (non-hydrogen) atoms. The number of benzene rings is 1. The number of hydrogen-bond acceptors (Lipinski definition) is 3. The molecule has 6 heteroatoms. The molecule has 1 saturated carbocycles. The van der Waals surface area contributed by atoms with Gasteiger partial charge < -0.3 is 14.4 Å². The molecular weight excluding hydrogens is 364 g/mol. The van der Waals surface area contributed by atoms with Crippen LogP contribution in [0.5, 0.6) is 5.75 Å². The van der Waals surface area contributed by atoms with Gasteiger partial charge in [0.2, 0.25) is 0 Å². The second-order valence-corrected chi connectivity index (χ2v) is 8.17. The molecule has 0 N–H and O–H groups in total. The van der Waals surface area contributed by atoms with E-state index >= 15 is 0 Å². The minimum atomic E-state index is -2.56. The minimum absolute atomic E-state index is 0.0685. The Labute approximate surface area is 166 Å². The van der Waals surface area contributed by atoms with Gasteiger partial charge in [0.1, 0.15) is 18.0 Å². The molecule has 156 valence electrons. The highest BCUT2D eigenvalue weighted by Crippen LogP contribution is 2.29. The van der Waals surface area contributed by atoms with E-state index < -0.39 is 18.6 Å². The molecule has 0 radical (unpaired) electrons. The smallest absolute Gasteiger partial charge is 0.410 e. The normalized spacial score (nSPS) is 15.4. The largest absolute Gasteiger partial charge is 0.487 e. The molecule has 0 aliphatic heterocycles. The summed E-state index contributed by atoms with van der Waals surface area (Å²) in [6.45, 7) is 8.83. The Kier molecular flexibility index (Phi) is 7.84. The molecule has 0 bridgehead atoms. The fourth-order valence-corrected chi connectivity index (χ4v) is 3.38. The third-order valence-corrected chi connectivity index (χ3v) is 4.67. The zero-order valence-electron chi connectivity index (χ0n) is 17.0. The molecule has 0 aromatic heterocycles. The molecule has 2 rings (SSSR count). The third kappa shape index (κ3) is 6.80. The Morgan fingerprint density at radius 3 is 2.54 bits per heavy atom. The van der Waals surface area contributed by atoms with E-state index in [-0.39, 0.29) is 18.7 Å². The highest BCUT2D eigenvalue weighted by molar-refractivity contribution is 5.69. The number of hydrogen-bond donors (Lipinski definition) is 0. The summed E-state index contributed by atoms with van der Waals surface area (Å²) >= 11 is 0. The number of carbonyl (C=O) groups is 1. The molecule has 1 fully saturated rings. The lowest BCUT2D eigenvalue weighted by atomic mass is 9.94. The van der Waals surface area contributed by atoms with Crippen molar-refractivity contribution in [2.45, 2.75) is 77.5 Å². The van der Waals surface area contributed by atoms with Gasteiger partial charge in [0.05, 0.1) is 6.54 Å². The van der Waals surface area contributed by atoms with Crippen LogP contribution in [0.25, 0.3) is 6.08 Å². The van der Waals surface area contributed by atoms with Gasteiger partial charge in [0, 0.05) is 11.6 Å². The fraction of sp³-hybridized carbons (Fsp3) is 0.591. The molecule has 1 amide bonds. The maximum absolute atomic E-state index is 12.9. The van der Waals surface area contributed by atoms with Crippen LogP contribution < -0.4 is 4.74 Å². The average Bonchev–Trinajstić information content (AvgIpc) is 2.63. The SMILES string of the molecule is C=Cc1ccc(OCC(F)F)c(CN(C(=O)OC(C)(C)C)C2CCCCC2)c1. The van der Waals surface area contributed by atoms with Crippen molar-refractivity contribution in [1.29, 1.82) is 0 Å². The van der Waals surface area contributed by atoms with E-state index in [0.29, 0.717) is 11.3 Å². The summed E-state index contributed by atoms with van der Waals surface area (Å²) in [6.07, 6.45) is 3.83. The highest BCUT2D eigenvalue weighted by atomic mass is 19.3. The predicted octanol–water partition coefficient (Wildman–Crippen LogP) is 6.04. The van der Waals surface area contributed by atoms with Crippen LogP contribution in [0.3, 0.4) is 0 Å². The van der Waals surface area contributed by atoms with Crippen LogP contribution in [0, 0.1) is 0 Å². The molecular formula is C22H31F2NO3. The van der Waals surface area contributed by atoms with E-state index in [0.717, 1.165) is 37.7 Å². The van der Waals surface area contributed by atoms with Crippen molar-refractivity contribution in [3.05, 3.63) is 35.9 Å². The molecule has 1 aliphatic rings. The molecule has 1 aromatic rings. The van der Waals surface area contributed by atoms with Crippen LogP contribution in [-0.2, 0) is 11.3 Å². The maximum Gasteiger partial charge on any atom is 0.410 e. The molecule has 1 aromatic carbocycles. The van der Waals surface area contributed by atoms with Crippen LogP contribution in [0.1, 0.15) is 64.0 Å². The lowest BCUT2D eigenvalue weighted by Gasteiger charge is -2.36. The van der Waals surface area contributed by atoms with Gasteiger partial charge in [-0.15, -0.1) is 0 Å². The third-order valence-electron chi connectivity index (χ3n) is 4.67. The summed E-state index contributed by atoms with van der Waals surface area (Å²) in [7, 11) is 0. The van der Waals surface area contributed by atoms with Crippen molar-refractivity contribution in [2.24, 2.45) is 0 Å². The first-order valence-electron chi connectivity index (χ1n) is 9.85. The van der Waals surface area contributed by atoms with Gasteiger partial charge >= 0.3 is 6.09 Å². The fourth-order valence-electron chi connectivity index (χ4n) is 3.38. The quantitative estimate of drug-likeness (QED) is 0.565. The van der Waals surface area contributed by atoms with Crippen LogP contribution >= 0.6 is 0 Å². The van der Waals surface area contributed by atoms with Crippen molar-refractivity contribution >= 4 is 12.2 Å². The summed E-state index contributed by atoms with van der Waals surface area (Å²) < 4.78 is 36.2. The van der Waals surface area contributed by atoms with Crippen molar-refractivity contribution in [3.8, 4) is 5.75 Å². The predicted molar refractivity (Wildman–Crippen MR) is 107 cm³/mol. The van der Waals surface area contributed by atoms with Crippen LogP contribution in [0.4, 0.5) is 13.6 Å². The van der Waals surface area contributed by atoms with Gasteiger partial charge in [-0.1, -0.05) is 38.0 Å². The second-order valence-electron chi connectivity index (χ2n) is 8.17. The van der Waals surface area contributed by atoms with Crippen LogP contribution in [0.2, 0.25) is 0 Å². The number of rotatable bonds is 7. The Hall–Kier alpha value is -2.11. The Bertz CT molecular complexity index is 664. The summed E-state index contributed by atoms with van der Waals surface area (Å²) in [5.74, 6) is 0.357. The van der Waals surface area contributed by atoms with Gasteiger partial charge in [-0.25, -0.2) is 13.6 Å². The number of amides is 1. The summed E-state index contributed by atoms with van der Waals surface area (Å²) in [6, 6.07) is 5.31. The van der Waals surface area contributed by atoms with Crippen LogP contribution in [0.15, 0.2) is 24.8 Å².